The summed E-state index contributed by atoms with van der Waals surface area (Å²) in [6.45, 7) is 0. The quantitative estimate of drug-likeness (QED) is 0.325. The summed E-state index contributed by atoms with van der Waals surface area (Å²) in [5, 5.41) is 49.9. The summed E-state index contributed by atoms with van der Waals surface area (Å²) in [5.74, 6) is -2.09. The number of aliphatic hydroxyl groups is 3. The van der Waals surface area contributed by atoms with Crippen molar-refractivity contribution in [2.75, 3.05) is 0 Å². The highest BCUT2D eigenvalue weighted by molar-refractivity contribution is 5.96. The Morgan fingerprint density at radius 3 is 2.19 bits per heavy atom. The molecule has 5 N–H and O–H groups in total. The Hall–Kier alpha value is -3.96. The molecule has 2 aliphatic rings. The second kappa shape index (κ2) is 8.92. The highest BCUT2D eigenvalue weighted by atomic mass is 16.7. The average Bonchev–Trinajstić information content (AvgIpc) is 3.18. The maximum Gasteiger partial charge on any atom is 0.340 e. The van der Waals surface area contributed by atoms with Gasteiger partial charge in [0, 0.05) is 16.7 Å². The number of para-hydroxylation sites is 1. The van der Waals surface area contributed by atoms with Crippen LogP contribution >= 0.6 is 0 Å². The molecule has 0 bridgehead atoms. The number of cyclic esters (lactones) is 1. The summed E-state index contributed by atoms with van der Waals surface area (Å²) in [7, 11) is 0. The van der Waals surface area contributed by atoms with Gasteiger partial charge in [-0.05, 0) is 24.3 Å². The number of esters is 1. The van der Waals surface area contributed by atoms with Crippen LogP contribution in [0.4, 0.5) is 0 Å². The van der Waals surface area contributed by atoms with E-state index in [9.17, 15) is 35.1 Å². The molecule has 186 valence electrons. The molecule has 36 heavy (non-hydrogen) atoms. The highest BCUT2D eigenvalue weighted by Gasteiger charge is 2.52. The number of phenolic OH excluding ortho intramolecular Hbond substituents is 1. The molecule has 1 saturated heterocycles. The van der Waals surface area contributed by atoms with E-state index in [1.165, 1.54) is 18.2 Å². The van der Waals surface area contributed by atoms with Gasteiger partial charge < -0.3 is 39.7 Å². The Balaban J connectivity index is 1.68. The van der Waals surface area contributed by atoms with E-state index in [0.717, 1.165) is 0 Å². The zero-order valence-electron chi connectivity index (χ0n) is 18.6. The summed E-state index contributed by atoms with van der Waals surface area (Å²) in [6, 6.07) is 19.2. The summed E-state index contributed by atoms with van der Waals surface area (Å²) in [6.07, 6.45) is -9.00. The molecular weight excluding hydrogens is 472 g/mol. The molecule has 0 amide bonds. The second-order valence-corrected chi connectivity index (χ2v) is 8.51. The molecule has 0 spiro atoms. The van der Waals surface area contributed by atoms with Crippen molar-refractivity contribution in [3.63, 3.8) is 0 Å². The lowest BCUT2D eigenvalue weighted by Crippen LogP contribution is -2.61. The van der Waals surface area contributed by atoms with Crippen LogP contribution in [0.1, 0.15) is 27.0 Å². The predicted octanol–water partition coefficient (Wildman–Crippen LogP) is 1.13. The molecule has 0 aromatic heterocycles. The van der Waals surface area contributed by atoms with Gasteiger partial charge >= 0.3 is 11.9 Å². The minimum absolute atomic E-state index is 0.00429. The first-order valence-corrected chi connectivity index (χ1v) is 11.0. The fourth-order valence-electron chi connectivity index (χ4n) is 4.67. The minimum atomic E-state index is -1.93. The van der Waals surface area contributed by atoms with Crippen molar-refractivity contribution < 1.29 is 49.3 Å². The third-order valence-corrected chi connectivity index (χ3v) is 6.38. The molecule has 0 radical (unpaired) electrons. The zero-order chi connectivity index (χ0) is 25.6. The van der Waals surface area contributed by atoms with Crippen molar-refractivity contribution in [2.24, 2.45) is 0 Å². The number of phenols is 1. The minimum Gasteiger partial charge on any atom is -0.508 e. The topological polar surface area (TPSA) is 163 Å². The van der Waals surface area contributed by atoms with Crippen LogP contribution in [-0.2, 0) is 19.9 Å². The number of hydrogen-bond acceptors (Lipinski definition) is 9. The number of aromatic hydroxyl groups is 1. The molecule has 2 aliphatic heterocycles. The van der Waals surface area contributed by atoms with Gasteiger partial charge in [0.25, 0.3) is 0 Å². The van der Waals surface area contributed by atoms with E-state index >= 15 is 0 Å². The number of hydrogen-bond donors (Lipinski definition) is 5. The number of carboxylic acids is 1. The van der Waals surface area contributed by atoms with Crippen LogP contribution in [0.15, 0.2) is 72.8 Å². The highest BCUT2D eigenvalue weighted by Crippen LogP contribution is 2.50. The molecule has 3 aromatic carbocycles. The molecule has 3 aromatic rings. The first-order valence-electron chi connectivity index (χ1n) is 11.0. The van der Waals surface area contributed by atoms with Crippen molar-refractivity contribution in [1.29, 1.82) is 0 Å². The molecule has 6 atom stereocenters. The smallest absolute Gasteiger partial charge is 0.340 e. The predicted molar refractivity (Wildman–Crippen MR) is 121 cm³/mol. The SMILES string of the molecule is O=C1OC(c2ccc(O)cc2)(c2ccccc2O[C@H]2[C@H](O)[C@@H](O)[C@H](O)O[C@@H]2C(=O)O)c2ccccc21. The fourth-order valence-corrected chi connectivity index (χ4v) is 4.67. The molecule has 2 heterocycles. The molecule has 0 saturated carbocycles. The largest absolute Gasteiger partial charge is 0.508 e. The van der Waals surface area contributed by atoms with Crippen LogP contribution < -0.4 is 4.74 Å². The summed E-state index contributed by atoms with van der Waals surface area (Å²) >= 11 is 0. The van der Waals surface area contributed by atoms with Crippen molar-refractivity contribution in [2.45, 2.75) is 36.3 Å². The molecule has 1 unspecified atom stereocenters. The maximum atomic E-state index is 13.0. The van der Waals surface area contributed by atoms with Crippen LogP contribution in [0.3, 0.4) is 0 Å². The Bertz CT molecular complexity index is 1310. The van der Waals surface area contributed by atoms with E-state index in [0.29, 0.717) is 22.3 Å². The fraction of sp³-hybridized carbons (Fsp3) is 0.231. The number of fused-ring (bicyclic) bond motifs is 1. The molecule has 10 heteroatoms. The van der Waals surface area contributed by atoms with Gasteiger partial charge in [-0.3, -0.25) is 0 Å². The van der Waals surface area contributed by atoms with E-state index in [2.05, 4.69) is 0 Å². The average molecular weight is 494 g/mol. The lowest BCUT2D eigenvalue weighted by molar-refractivity contribution is -0.275. The Kier molecular flexibility index (Phi) is 5.89. The summed E-state index contributed by atoms with van der Waals surface area (Å²) < 4.78 is 16.9. The number of carbonyl (C=O) groups is 2. The normalized spacial score (nSPS) is 29.3. The lowest BCUT2D eigenvalue weighted by Gasteiger charge is -2.40. The third kappa shape index (κ3) is 3.67. The number of aliphatic carboxylic acids is 1. The van der Waals surface area contributed by atoms with E-state index in [4.69, 9.17) is 14.2 Å². The summed E-state index contributed by atoms with van der Waals surface area (Å²) in [5.41, 5.74) is 0.0204. The Labute approximate surface area is 204 Å². The number of rotatable bonds is 5. The number of carboxylic acid groups (broad SMARTS) is 1. The van der Waals surface area contributed by atoms with E-state index in [-0.39, 0.29) is 11.5 Å². The van der Waals surface area contributed by atoms with Gasteiger partial charge in [-0.1, -0.05) is 48.5 Å². The maximum absolute atomic E-state index is 13.0. The van der Waals surface area contributed by atoms with E-state index in [1.807, 2.05) is 0 Å². The van der Waals surface area contributed by atoms with Crippen molar-refractivity contribution in [1.82, 2.24) is 0 Å². The Morgan fingerprint density at radius 1 is 0.861 bits per heavy atom. The third-order valence-electron chi connectivity index (χ3n) is 6.38. The van der Waals surface area contributed by atoms with Gasteiger partial charge in [-0.15, -0.1) is 0 Å². The number of benzene rings is 3. The van der Waals surface area contributed by atoms with Crippen molar-refractivity contribution in [3.05, 3.63) is 95.1 Å². The number of carbonyl (C=O) groups excluding carboxylic acids is 1. The van der Waals surface area contributed by atoms with Gasteiger partial charge in [-0.2, -0.15) is 0 Å². The lowest BCUT2D eigenvalue weighted by atomic mass is 9.79. The van der Waals surface area contributed by atoms with Crippen LogP contribution in [0.25, 0.3) is 0 Å². The molecule has 5 rings (SSSR count). The van der Waals surface area contributed by atoms with Crippen LogP contribution in [0.2, 0.25) is 0 Å². The van der Waals surface area contributed by atoms with Crippen LogP contribution in [-0.4, -0.2) is 68.2 Å². The standard InChI is InChI=1S/C26H22O10/c27-14-11-9-13(10-12-14)26(16-6-2-1-5-15(16)24(32)36-26)17-7-3-4-8-18(17)34-21-19(28)20(29)25(33)35-22(21)23(30)31/h1-12,19-22,25,27-29,33H,(H,30,31)/t19-,20-,21+,22+,25-,26?/m1/s1. The van der Waals surface area contributed by atoms with Gasteiger partial charge in [-0.25, -0.2) is 9.59 Å². The molecule has 1 fully saturated rings. The van der Waals surface area contributed by atoms with Gasteiger partial charge in [0.1, 0.15) is 23.7 Å². The van der Waals surface area contributed by atoms with Crippen molar-refractivity contribution in [3.8, 4) is 11.5 Å². The Morgan fingerprint density at radius 2 is 1.50 bits per heavy atom. The zero-order valence-corrected chi connectivity index (χ0v) is 18.6. The molecular formula is C26H22O10. The molecule has 10 nitrogen and oxygen atoms in total. The van der Waals surface area contributed by atoms with Gasteiger partial charge in [0.15, 0.2) is 24.1 Å². The first-order chi connectivity index (χ1) is 17.2. The van der Waals surface area contributed by atoms with Crippen LogP contribution in [0, 0.1) is 0 Å². The molecule has 0 aliphatic carbocycles. The summed E-state index contributed by atoms with van der Waals surface area (Å²) in [4.78, 5) is 24.8. The van der Waals surface area contributed by atoms with Crippen LogP contribution in [0.5, 0.6) is 11.5 Å². The first kappa shape index (κ1) is 23.8. The number of ether oxygens (including phenoxy) is 3. The van der Waals surface area contributed by atoms with E-state index < -0.39 is 48.2 Å². The van der Waals surface area contributed by atoms with E-state index in [1.54, 1.807) is 54.6 Å². The van der Waals surface area contributed by atoms with Gasteiger partial charge in [0.05, 0.1) is 5.56 Å². The number of aliphatic hydroxyl groups excluding tert-OH is 3. The second-order valence-electron chi connectivity index (χ2n) is 8.51. The monoisotopic (exact) mass is 494 g/mol. The van der Waals surface area contributed by atoms with Gasteiger partial charge in [0.2, 0.25) is 0 Å². The van der Waals surface area contributed by atoms with Crippen molar-refractivity contribution >= 4 is 11.9 Å².